The van der Waals surface area contributed by atoms with Crippen molar-refractivity contribution in [1.82, 2.24) is 9.55 Å². The van der Waals surface area contributed by atoms with E-state index in [2.05, 4.69) is 9.71 Å². The molecule has 1 heterocycles. The van der Waals surface area contributed by atoms with E-state index >= 15 is 0 Å². The Morgan fingerprint density at radius 1 is 1.30 bits per heavy atom. The van der Waals surface area contributed by atoms with E-state index in [1.165, 1.54) is 12.5 Å². The van der Waals surface area contributed by atoms with Crippen LogP contribution in [0.15, 0.2) is 29.7 Å². The predicted molar refractivity (Wildman–Crippen MR) is 79.0 cm³/mol. The number of benzene rings is 1. The zero-order valence-electron chi connectivity index (χ0n) is 11.7. The van der Waals surface area contributed by atoms with Gasteiger partial charge >= 0.3 is 0 Å². The molecule has 2 aromatic rings. The SMILES string of the molecule is CCn1cnc(S(=O)(=O)Nc2cc(N)c(C)cc2C)c1. The first kappa shape index (κ1) is 14.4. The number of sulfonamides is 1. The summed E-state index contributed by atoms with van der Waals surface area (Å²) in [7, 11) is -3.69. The maximum atomic E-state index is 12.3. The number of nitrogens with two attached hydrogens (primary N) is 1. The van der Waals surface area contributed by atoms with Crippen molar-refractivity contribution in [2.75, 3.05) is 10.5 Å². The van der Waals surface area contributed by atoms with Crippen LogP contribution in [0.4, 0.5) is 11.4 Å². The summed E-state index contributed by atoms with van der Waals surface area (Å²) in [4.78, 5) is 3.91. The zero-order valence-corrected chi connectivity index (χ0v) is 12.5. The zero-order chi connectivity index (χ0) is 14.9. The highest BCUT2D eigenvalue weighted by Crippen LogP contribution is 2.24. The fourth-order valence-electron chi connectivity index (χ4n) is 1.83. The molecule has 0 saturated heterocycles. The van der Waals surface area contributed by atoms with Crippen LogP contribution in [0.5, 0.6) is 0 Å². The highest BCUT2D eigenvalue weighted by atomic mass is 32.2. The summed E-state index contributed by atoms with van der Waals surface area (Å²) in [5.74, 6) is 0. The van der Waals surface area contributed by atoms with Crippen molar-refractivity contribution in [3.05, 3.63) is 35.8 Å². The second-order valence-electron chi connectivity index (χ2n) is 4.67. The van der Waals surface area contributed by atoms with E-state index in [1.54, 1.807) is 10.6 Å². The molecule has 0 aliphatic heterocycles. The van der Waals surface area contributed by atoms with Crippen molar-refractivity contribution in [2.45, 2.75) is 32.3 Å². The van der Waals surface area contributed by atoms with Crippen molar-refractivity contribution in [2.24, 2.45) is 0 Å². The number of aromatic nitrogens is 2. The molecule has 0 spiro atoms. The Balaban J connectivity index is 2.35. The standard InChI is InChI=1S/C13H18N4O2S/c1-4-17-7-13(15-8-17)20(18,19)16-12-6-11(14)9(2)5-10(12)3/h5-8,16H,4,14H2,1-3H3. The van der Waals surface area contributed by atoms with E-state index < -0.39 is 10.0 Å². The normalized spacial score (nSPS) is 11.6. The maximum Gasteiger partial charge on any atom is 0.280 e. The molecule has 7 heteroatoms. The van der Waals surface area contributed by atoms with Crippen LogP contribution in [0.1, 0.15) is 18.1 Å². The number of imidazole rings is 1. The Morgan fingerprint density at radius 3 is 2.60 bits per heavy atom. The number of nitrogens with one attached hydrogen (secondary N) is 1. The summed E-state index contributed by atoms with van der Waals surface area (Å²) in [5, 5.41) is -0.00195. The van der Waals surface area contributed by atoms with Crippen LogP contribution in [0.3, 0.4) is 0 Å². The lowest BCUT2D eigenvalue weighted by Crippen LogP contribution is -2.14. The van der Waals surface area contributed by atoms with Gasteiger partial charge in [-0.3, -0.25) is 4.72 Å². The minimum absolute atomic E-state index is 0.00195. The molecule has 0 atom stereocenters. The third kappa shape index (κ3) is 2.77. The highest BCUT2D eigenvalue weighted by Gasteiger charge is 2.18. The van der Waals surface area contributed by atoms with Gasteiger partial charge in [-0.1, -0.05) is 6.07 Å². The Kier molecular flexibility index (Phi) is 3.71. The van der Waals surface area contributed by atoms with Crippen LogP contribution in [0, 0.1) is 13.8 Å². The van der Waals surface area contributed by atoms with Crippen LogP contribution in [0.25, 0.3) is 0 Å². The lowest BCUT2D eigenvalue weighted by Gasteiger charge is -2.11. The fraction of sp³-hybridized carbons (Fsp3) is 0.308. The van der Waals surface area contributed by atoms with Crippen LogP contribution in [-0.2, 0) is 16.6 Å². The molecule has 0 aliphatic carbocycles. The minimum atomic E-state index is -3.69. The molecule has 0 aliphatic rings. The summed E-state index contributed by atoms with van der Waals surface area (Å²) < 4.78 is 28.7. The molecule has 1 aromatic carbocycles. The first-order chi connectivity index (χ1) is 9.33. The first-order valence-corrected chi connectivity index (χ1v) is 7.73. The van der Waals surface area contributed by atoms with E-state index in [9.17, 15) is 8.42 Å². The van der Waals surface area contributed by atoms with E-state index in [1.807, 2.05) is 26.8 Å². The third-order valence-corrected chi connectivity index (χ3v) is 4.36. The molecular weight excluding hydrogens is 276 g/mol. The van der Waals surface area contributed by atoms with Crippen LogP contribution < -0.4 is 10.5 Å². The Bertz CT molecular complexity index is 735. The second kappa shape index (κ2) is 5.16. The molecule has 0 saturated carbocycles. The van der Waals surface area contributed by atoms with Gasteiger partial charge in [0, 0.05) is 18.4 Å². The van der Waals surface area contributed by atoms with Gasteiger partial charge in [-0.15, -0.1) is 0 Å². The van der Waals surface area contributed by atoms with Crippen molar-refractivity contribution < 1.29 is 8.42 Å². The van der Waals surface area contributed by atoms with Gasteiger partial charge in [0.1, 0.15) is 0 Å². The van der Waals surface area contributed by atoms with E-state index in [4.69, 9.17) is 5.73 Å². The van der Waals surface area contributed by atoms with Gasteiger partial charge in [0.25, 0.3) is 10.0 Å². The van der Waals surface area contributed by atoms with Gasteiger partial charge in [0.05, 0.1) is 12.0 Å². The van der Waals surface area contributed by atoms with Gasteiger partial charge < -0.3 is 10.3 Å². The average molecular weight is 294 g/mol. The number of hydrogen-bond acceptors (Lipinski definition) is 4. The molecule has 3 N–H and O–H groups in total. The number of hydrogen-bond donors (Lipinski definition) is 2. The molecule has 2 rings (SSSR count). The van der Waals surface area contributed by atoms with Crippen LogP contribution >= 0.6 is 0 Å². The Labute approximate surface area is 118 Å². The molecule has 108 valence electrons. The molecule has 20 heavy (non-hydrogen) atoms. The molecule has 0 radical (unpaired) electrons. The summed E-state index contributed by atoms with van der Waals surface area (Å²) in [6, 6.07) is 3.47. The van der Waals surface area contributed by atoms with Gasteiger partial charge in [0.2, 0.25) is 0 Å². The summed E-state index contributed by atoms with van der Waals surface area (Å²) in [6.07, 6.45) is 2.99. The van der Waals surface area contributed by atoms with E-state index in [0.29, 0.717) is 17.9 Å². The van der Waals surface area contributed by atoms with E-state index in [0.717, 1.165) is 11.1 Å². The molecule has 0 amide bonds. The number of nitrogens with zero attached hydrogens (tertiary/aromatic N) is 2. The number of anilines is 2. The monoisotopic (exact) mass is 294 g/mol. The van der Waals surface area contributed by atoms with Crippen molar-refractivity contribution in [3.63, 3.8) is 0 Å². The first-order valence-electron chi connectivity index (χ1n) is 6.25. The van der Waals surface area contributed by atoms with Gasteiger partial charge in [-0.25, -0.2) is 4.98 Å². The number of rotatable bonds is 4. The van der Waals surface area contributed by atoms with Gasteiger partial charge in [0.15, 0.2) is 5.03 Å². The Morgan fingerprint density at radius 2 is 2.00 bits per heavy atom. The summed E-state index contributed by atoms with van der Waals surface area (Å²) >= 11 is 0. The quantitative estimate of drug-likeness (QED) is 0.843. The molecule has 0 bridgehead atoms. The number of nitrogen functional groups attached to an aromatic ring is 1. The smallest absolute Gasteiger partial charge is 0.280 e. The lowest BCUT2D eigenvalue weighted by atomic mass is 10.1. The van der Waals surface area contributed by atoms with Crippen LogP contribution in [-0.4, -0.2) is 18.0 Å². The second-order valence-corrected chi connectivity index (χ2v) is 6.30. The maximum absolute atomic E-state index is 12.3. The molecule has 1 aromatic heterocycles. The summed E-state index contributed by atoms with van der Waals surface area (Å²) in [5.41, 5.74) is 8.57. The van der Waals surface area contributed by atoms with Crippen molar-refractivity contribution >= 4 is 21.4 Å². The molecule has 0 fully saturated rings. The van der Waals surface area contributed by atoms with Crippen molar-refractivity contribution in [1.29, 1.82) is 0 Å². The average Bonchev–Trinajstić information content (AvgIpc) is 2.85. The third-order valence-electron chi connectivity index (χ3n) is 3.11. The van der Waals surface area contributed by atoms with E-state index in [-0.39, 0.29) is 5.03 Å². The van der Waals surface area contributed by atoms with Crippen LogP contribution in [0.2, 0.25) is 0 Å². The highest BCUT2D eigenvalue weighted by molar-refractivity contribution is 7.92. The Hall–Kier alpha value is -2.02. The van der Waals surface area contributed by atoms with Gasteiger partial charge in [-0.05, 0) is 38.0 Å². The molecule has 6 nitrogen and oxygen atoms in total. The largest absolute Gasteiger partial charge is 0.398 e. The topological polar surface area (TPSA) is 90.0 Å². The fourth-order valence-corrected chi connectivity index (χ4v) is 2.90. The minimum Gasteiger partial charge on any atom is -0.398 e. The lowest BCUT2D eigenvalue weighted by molar-refractivity contribution is 0.598. The molecular formula is C13H18N4O2S. The number of aryl methyl sites for hydroxylation is 3. The summed E-state index contributed by atoms with van der Waals surface area (Å²) in [6.45, 7) is 6.29. The van der Waals surface area contributed by atoms with Gasteiger partial charge in [-0.2, -0.15) is 8.42 Å². The predicted octanol–water partition coefficient (Wildman–Crippen LogP) is 1.90. The molecule has 0 unspecified atom stereocenters. The van der Waals surface area contributed by atoms with Crippen molar-refractivity contribution in [3.8, 4) is 0 Å².